The predicted octanol–water partition coefficient (Wildman–Crippen LogP) is -2.45. The zero-order valence-corrected chi connectivity index (χ0v) is 3.31. The molecule has 0 aromatic rings. The second-order valence-corrected chi connectivity index (χ2v) is 0.714. The maximum absolute atomic E-state index is 8.59. The third-order valence-corrected chi connectivity index (χ3v) is 0. The Morgan fingerprint density at radius 1 is 1.40 bits per heavy atom. The first-order chi connectivity index (χ1) is 1.73. The normalized spacial score (nSPS) is 7.20. The summed E-state index contributed by atoms with van der Waals surface area (Å²) in [5, 5.41) is 0. The van der Waals surface area contributed by atoms with E-state index in [-0.39, 0.29) is 10.1 Å². The largest absolute Gasteiger partial charge is 2.00 e. The first-order valence-corrected chi connectivity index (χ1v) is 1.70. The summed E-state index contributed by atoms with van der Waals surface area (Å²) in [6, 6.07) is 0. The average molecular weight is 89.0 g/mol. The van der Waals surface area contributed by atoms with E-state index >= 15 is 0 Å². The number of hydrogen-bond acceptors (Lipinski definition) is 3. The van der Waals surface area contributed by atoms with Crippen molar-refractivity contribution in [3.8, 4) is 0 Å². The van der Waals surface area contributed by atoms with Gasteiger partial charge in [-0.05, 0) is 0 Å². The van der Waals surface area contributed by atoms with Crippen LogP contribution in [-0.4, -0.2) is 15.0 Å². The Morgan fingerprint density at radius 2 is 1.40 bits per heavy atom. The van der Waals surface area contributed by atoms with Gasteiger partial charge in [-0.2, -0.15) is 8.60 Å². The van der Waals surface area contributed by atoms with Crippen molar-refractivity contribution >= 4 is 18.7 Å². The molecule has 0 aromatic heterocycles. The van der Waals surface area contributed by atoms with E-state index in [2.05, 4.69) is 0 Å². The van der Waals surface area contributed by atoms with Crippen LogP contribution in [0.4, 0.5) is 0 Å². The van der Waals surface area contributed by atoms with Crippen LogP contribution in [0.2, 0.25) is 0 Å². The van der Waals surface area contributed by atoms with Gasteiger partial charge in [0.05, 0.1) is 0 Å². The molecule has 0 amide bonds. The maximum atomic E-state index is 8.59. The predicted molar refractivity (Wildman–Crippen MR) is 14.9 cm³/mol. The van der Waals surface area contributed by atoms with Crippen LogP contribution in [0.1, 0.15) is 0 Å². The molecular formula is HBeO3P. The van der Waals surface area contributed by atoms with Gasteiger partial charge in [0.15, 0.2) is 0 Å². The molecule has 0 aliphatic carbocycles. The van der Waals surface area contributed by atoms with Gasteiger partial charge >= 0.3 is 10.1 Å². The Kier molecular flexibility index (Phi) is 8.13. The van der Waals surface area contributed by atoms with Crippen molar-refractivity contribution in [1.29, 1.82) is 0 Å². The summed E-state index contributed by atoms with van der Waals surface area (Å²) in [6.07, 6.45) is 0. The molecule has 5 heavy (non-hydrogen) atoms. The van der Waals surface area contributed by atoms with Gasteiger partial charge in [-0.25, -0.2) is 0 Å². The molecule has 0 unspecified atom stereocenters. The topological polar surface area (TPSA) is 66.3 Å². The molecule has 0 bridgehead atoms. The summed E-state index contributed by atoms with van der Waals surface area (Å²) in [6.45, 7) is 0. The molecule has 0 aliphatic heterocycles. The molecule has 0 saturated carbocycles. The molecule has 0 rings (SSSR count). The van der Waals surface area contributed by atoms with Crippen molar-refractivity contribution in [2.45, 2.75) is 0 Å². The van der Waals surface area contributed by atoms with Crippen molar-refractivity contribution in [3.63, 3.8) is 0 Å². The second kappa shape index (κ2) is 4.48. The van der Waals surface area contributed by atoms with Gasteiger partial charge in [-0.15, -0.1) is 0 Å². The molecule has 0 aromatic carbocycles. The van der Waals surface area contributed by atoms with Crippen LogP contribution < -0.4 is 9.79 Å². The van der Waals surface area contributed by atoms with E-state index in [4.69, 9.17) is 14.7 Å². The van der Waals surface area contributed by atoms with E-state index < -0.39 is 8.60 Å². The molecule has 0 saturated heterocycles. The van der Waals surface area contributed by atoms with Crippen molar-refractivity contribution in [1.82, 2.24) is 0 Å². The Labute approximate surface area is 34.5 Å². The Hall–Kier alpha value is 0.479. The SMILES string of the molecule is [Be+2].[O-]P([O-])O. The third-order valence-electron chi connectivity index (χ3n) is 0. The van der Waals surface area contributed by atoms with Crippen molar-refractivity contribution in [3.05, 3.63) is 0 Å². The Morgan fingerprint density at radius 3 is 1.40 bits per heavy atom. The minimum absolute atomic E-state index is 0. The molecule has 0 spiro atoms. The second-order valence-electron chi connectivity index (χ2n) is 0.238. The molecule has 0 atom stereocenters. The first-order valence-electron chi connectivity index (χ1n) is 0.565. The minimum Gasteiger partial charge on any atom is -0.820 e. The van der Waals surface area contributed by atoms with E-state index in [1.165, 1.54) is 0 Å². The van der Waals surface area contributed by atoms with Crippen LogP contribution in [0.15, 0.2) is 0 Å². The van der Waals surface area contributed by atoms with Gasteiger partial charge < -0.3 is 14.7 Å². The maximum Gasteiger partial charge on any atom is 2.00 e. The zero-order valence-electron chi connectivity index (χ0n) is 2.42. The van der Waals surface area contributed by atoms with E-state index in [0.29, 0.717) is 0 Å². The van der Waals surface area contributed by atoms with E-state index in [1.807, 2.05) is 0 Å². The molecule has 26 valence electrons. The van der Waals surface area contributed by atoms with Gasteiger partial charge in [-0.3, -0.25) is 0 Å². The third kappa shape index (κ3) is 120. The van der Waals surface area contributed by atoms with Crippen molar-refractivity contribution in [2.75, 3.05) is 0 Å². The molecule has 5 heteroatoms. The van der Waals surface area contributed by atoms with Crippen LogP contribution in [-0.2, 0) is 0 Å². The summed E-state index contributed by atoms with van der Waals surface area (Å²) in [5.41, 5.74) is 0. The molecule has 0 heterocycles. The number of rotatable bonds is 0. The van der Waals surface area contributed by atoms with Gasteiger partial charge in [0.2, 0.25) is 0 Å². The Balaban J connectivity index is 0. The molecule has 1 N–H and O–H groups in total. The van der Waals surface area contributed by atoms with Crippen molar-refractivity contribution < 1.29 is 14.7 Å². The van der Waals surface area contributed by atoms with Crippen LogP contribution in [0.5, 0.6) is 0 Å². The molecule has 0 fully saturated rings. The van der Waals surface area contributed by atoms with Gasteiger partial charge in [0.1, 0.15) is 0 Å². The van der Waals surface area contributed by atoms with Gasteiger partial charge in [0.25, 0.3) is 0 Å². The number of hydrogen-bond donors (Lipinski definition) is 1. The van der Waals surface area contributed by atoms with Crippen LogP contribution in [0, 0.1) is 0 Å². The molecule has 0 radical (unpaired) electrons. The molecule has 0 aliphatic rings. The summed E-state index contributed by atoms with van der Waals surface area (Å²) in [7, 11) is -3.12. The van der Waals surface area contributed by atoms with Crippen LogP contribution in [0.25, 0.3) is 0 Å². The molecular weight excluding hydrogens is 88.0 g/mol. The van der Waals surface area contributed by atoms with Gasteiger partial charge in [0, 0.05) is 0 Å². The zero-order chi connectivity index (χ0) is 3.58. The van der Waals surface area contributed by atoms with E-state index in [0.717, 1.165) is 0 Å². The van der Waals surface area contributed by atoms with Crippen LogP contribution >= 0.6 is 8.60 Å². The van der Waals surface area contributed by atoms with E-state index in [9.17, 15) is 0 Å². The fourth-order valence-corrected chi connectivity index (χ4v) is 0. The minimum atomic E-state index is -3.12. The summed E-state index contributed by atoms with van der Waals surface area (Å²) in [4.78, 5) is 24.2. The molecule has 3 nitrogen and oxygen atoms in total. The average Bonchev–Trinajstić information content (AvgIpc) is 0.811. The fourth-order valence-electron chi connectivity index (χ4n) is 0. The fraction of sp³-hybridized carbons (Fsp3) is 0. The van der Waals surface area contributed by atoms with Crippen molar-refractivity contribution in [2.24, 2.45) is 0 Å². The summed E-state index contributed by atoms with van der Waals surface area (Å²) < 4.78 is 0. The summed E-state index contributed by atoms with van der Waals surface area (Å²) >= 11 is 0. The van der Waals surface area contributed by atoms with E-state index in [1.54, 1.807) is 0 Å². The smallest absolute Gasteiger partial charge is 0.820 e. The van der Waals surface area contributed by atoms with Crippen LogP contribution in [0.3, 0.4) is 0 Å². The van der Waals surface area contributed by atoms with Gasteiger partial charge in [-0.1, -0.05) is 0 Å². The standard InChI is InChI=1S/Be.HO3P/c;1-4(2)3/h;1H/q+2;-2. The first kappa shape index (κ1) is 9.08. The summed E-state index contributed by atoms with van der Waals surface area (Å²) in [5.74, 6) is 0. The monoisotopic (exact) mass is 89.0 g/mol. The Bertz CT molecular complexity index is 11.6. The quantitative estimate of drug-likeness (QED) is 0.264.